The Labute approximate surface area is 99.4 Å². The molecule has 1 aromatic rings. The van der Waals surface area contributed by atoms with Gasteiger partial charge in [-0.3, -0.25) is 9.69 Å². The van der Waals surface area contributed by atoms with Gasteiger partial charge in [-0.1, -0.05) is 0 Å². The summed E-state index contributed by atoms with van der Waals surface area (Å²) < 4.78 is 37.2. The van der Waals surface area contributed by atoms with Crippen molar-refractivity contribution in [1.29, 1.82) is 0 Å². The molecule has 0 N–H and O–H groups in total. The van der Waals surface area contributed by atoms with Gasteiger partial charge in [0.05, 0.1) is 5.38 Å². The standard InChI is InChI=1S/C9H7ClF3N3O/c10-5-3-7(17)16(4-5)8-14-2-1-6(15-8)9(11,12)13/h1-2,5H,3-4H2. The first kappa shape index (κ1) is 12.1. The molecule has 1 atom stereocenters. The fourth-order valence-corrected chi connectivity index (χ4v) is 1.76. The number of amides is 1. The maximum Gasteiger partial charge on any atom is 0.433 e. The van der Waals surface area contributed by atoms with E-state index in [9.17, 15) is 18.0 Å². The zero-order valence-corrected chi connectivity index (χ0v) is 9.16. The van der Waals surface area contributed by atoms with E-state index in [4.69, 9.17) is 11.6 Å². The number of carbonyl (C=O) groups is 1. The summed E-state index contributed by atoms with van der Waals surface area (Å²) in [4.78, 5) is 19.5. The van der Waals surface area contributed by atoms with Crippen molar-refractivity contribution >= 4 is 23.5 Å². The Bertz CT molecular complexity index is 451. The second-order valence-corrected chi connectivity index (χ2v) is 4.16. The van der Waals surface area contributed by atoms with Gasteiger partial charge in [0.15, 0.2) is 0 Å². The molecule has 1 saturated heterocycles. The minimum Gasteiger partial charge on any atom is -0.279 e. The minimum atomic E-state index is -4.55. The molecule has 1 unspecified atom stereocenters. The predicted molar refractivity (Wildman–Crippen MR) is 53.6 cm³/mol. The third-order valence-electron chi connectivity index (χ3n) is 2.25. The first-order valence-corrected chi connectivity index (χ1v) is 5.16. The smallest absolute Gasteiger partial charge is 0.279 e. The summed E-state index contributed by atoms with van der Waals surface area (Å²) in [5.41, 5.74) is -1.08. The van der Waals surface area contributed by atoms with E-state index >= 15 is 0 Å². The molecule has 17 heavy (non-hydrogen) atoms. The number of hydrogen-bond acceptors (Lipinski definition) is 3. The molecular weight excluding hydrogens is 259 g/mol. The van der Waals surface area contributed by atoms with Crippen molar-refractivity contribution in [3.05, 3.63) is 18.0 Å². The Balaban J connectivity index is 2.31. The number of carbonyl (C=O) groups excluding carboxylic acids is 1. The molecule has 0 aromatic carbocycles. The first-order chi connectivity index (χ1) is 7.88. The lowest BCUT2D eigenvalue weighted by Crippen LogP contribution is -2.27. The molecule has 4 nitrogen and oxygen atoms in total. The van der Waals surface area contributed by atoms with Gasteiger partial charge in [0.2, 0.25) is 11.9 Å². The van der Waals surface area contributed by atoms with Crippen molar-refractivity contribution in [3.8, 4) is 0 Å². The molecule has 1 aliphatic heterocycles. The van der Waals surface area contributed by atoms with Crippen molar-refractivity contribution in [2.45, 2.75) is 18.0 Å². The topological polar surface area (TPSA) is 46.1 Å². The monoisotopic (exact) mass is 265 g/mol. The summed E-state index contributed by atoms with van der Waals surface area (Å²) in [5.74, 6) is -0.628. The van der Waals surface area contributed by atoms with Gasteiger partial charge in [0.1, 0.15) is 5.69 Å². The van der Waals surface area contributed by atoms with Crippen LogP contribution in [0.3, 0.4) is 0 Å². The number of nitrogens with zero attached hydrogens (tertiary/aromatic N) is 3. The number of alkyl halides is 4. The number of hydrogen-bond donors (Lipinski definition) is 0. The van der Waals surface area contributed by atoms with E-state index in [1.165, 1.54) is 0 Å². The molecule has 1 aliphatic rings. The molecule has 1 aromatic heterocycles. The van der Waals surface area contributed by atoms with E-state index in [0.717, 1.165) is 17.2 Å². The molecule has 0 radical (unpaired) electrons. The molecule has 1 fully saturated rings. The number of anilines is 1. The quantitative estimate of drug-likeness (QED) is 0.728. The van der Waals surface area contributed by atoms with Crippen LogP contribution in [0.2, 0.25) is 0 Å². The molecule has 92 valence electrons. The highest BCUT2D eigenvalue weighted by atomic mass is 35.5. The number of halogens is 4. The van der Waals surface area contributed by atoms with Gasteiger partial charge in [-0.05, 0) is 6.07 Å². The van der Waals surface area contributed by atoms with Crippen molar-refractivity contribution in [2.75, 3.05) is 11.4 Å². The van der Waals surface area contributed by atoms with Crippen molar-refractivity contribution in [1.82, 2.24) is 9.97 Å². The average molecular weight is 266 g/mol. The third-order valence-corrected chi connectivity index (χ3v) is 2.54. The summed E-state index contributed by atoms with van der Waals surface area (Å²) in [5, 5.41) is -0.416. The Morgan fingerprint density at radius 1 is 1.47 bits per heavy atom. The fourth-order valence-electron chi connectivity index (χ4n) is 1.49. The molecular formula is C9H7ClF3N3O. The molecule has 2 heterocycles. The second-order valence-electron chi connectivity index (χ2n) is 3.55. The Kier molecular flexibility index (Phi) is 2.94. The van der Waals surface area contributed by atoms with E-state index in [2.05, 4.69) is 9.97 Å². The highest BCUT2D eigenvalue weighted by molar-refractivity contribution is 6.24. The maximum atomic E-state index is 12.4. The van der Waals surface area contributed by atoms with Gasteiger partial charge in [0, 0.05) is 19.2 Å². The highest BCUT2D eigenvalue weighted by Crippen LogP contribution is 2.29. The van der Waals surface area contributed by atoms with E-state index in [0.29, 0.717) is 0 Å². The van der Waals surface area contributed by atoms with Crippen molar-refractivity contribution in [3.63, 3.8) is 0 Å². The number of aromatic nitrogens is 2. The average Bonchev–Trinajstić information content (AvgIpc) is 2.57. The van der Waals surface area contributed by atoms with Gasteiger partial charge >= 0.3 is 6.18 Å². The fraction of sp³-hybridized carbons (Fsp3) is 0.444. The van der Waals surface area contributed by atoms with Crippen molar-refractivity contribution < 1.29 is 18.0 Å². The summed E-state index contributed by atoms with van der Waals surface area (Å²) in [6.45, 7) is 0.127. The van der Waals surface area contributed by atoms with Crippen LogP contribution in [0.5, 0.6) is 0 Å². The van der Waals surface area contributed by atoms with Gasteiger partial charge in [-0.15, -0.1) is 11.6 Å². The lowest BCUT2D eigenvalue weighted by atomic mass is 10.4. The molecule has 0 spiro atoms. The SMILES string of the molecule is O=C1CC(Cl)CN1c1nccc(C(F)(F)F)n1. The Morgan fingerprint density at radius 2 is 2.18 bits per heavy atom. The molecule has 1 amide bonds. The van der Waals surface area contributed by atoms with Crippen LogP contribution in [-0.4, -0.2) is 27.8 Å². The maximum absolute atomic E-state index is 12.4. The van der Waals surface area contributed by atoms with Crippen LogP contribution < -0.4 is 4.90 Å². The highest BCUT2D eigenvalue weighted by Gasteiger charge is 2.35. The minimum absolute atomic E-state index is 0.0845. The summed E-state index contributed by atoms with van der Waals surface area (Å²) in [6, 6.07) is 0.752. The van der Waals surface area contributed by atoms with E-state index in [1.54, 1.807) is 0 Å². The number of rotatable bonds is 1. The second kappa shape index (κ2) is 4.14. The van der Waals surface area contributed by atoms with E-state index < -0.39 is 17.2 Å². The molecule has 2 rings (SSSR count). The molecule has 0 saturated carbocycles. The van der Waals surface area contributed by atoms with Crippen LogP contribution in [0.25, 0.3) is 0 Å². The third kappa shape index (κ3) is 2.49. The molecule has 0 aliphatic carbocycles. The first-order valence-electron chi connectivity index (χ1n) is 4.72. The van der Waals surface area contributed by atoms with Gasteiger partial charge in [-0.25, -0.2) is 9.97 Å². The molecule has 8 heteroatoms. The largest absolute Gasteiger partial charge is 0.433 e. The lowest BCUT2D eigenvalue weighted by molar-refractivity contribution is -0.141. The van der Waals surface area contributed by atoms with Crippen LogP contribution in [0, 0.1) is 0 Å². The van der Waals surface area contributed by atoms with Crippen LogP contribution in [0.15, 0.2) is 12.3 Å². The molecule has 0 bridgehead atoms. The van der Waals surface area contributed by atoms with Crippen LogP contribution >= 0.6 is 11.6 Å². The zero-order valence-electron chi connectivity index (χ0n) is 8.41. The lowest BCUT2D eigenvalue weighted by Gasteiger charge is -2.14. The van der Waals surface area contributed by atoms with Gasteiger partial charge in [-0.2, -0.15) is 13.2 Å². The normalized spacial score (nSPS) is 21.1. The van der Waals surface area contributed by atoms with Crippen LogP contribution in [0.4, 0.5) is 19.1 Å². The Morgan fingerprint density at radius 3 is 2.71 bits per heavy atom. The van der Waals surface area contributed by atoms with Crippen LogP contribution in [0.1, 0.15) is 12.1 Å². The zero-order chi connectivity index (χ0) is 12.6. The summed E-state index contributed by atoms with van der Waals surface area (Å²) >= 11 is 5.74. The van der Waals surface area contributed by atoms with Gasteiger partial charge in [0.25, 0.3) is 0 Å². The van der Waals surface area contributed by atoms with Gasteiger partial charge < -0.3 is 0 Å². The summed E-state index contributed by atoms with van der Waals surface area (Å²) in [6.07, 6.45) is -3.50. The summed E-state index contributed by atoms with van der Waals surface area (Å²) in [7, 11) is 0. The predicted octanol–water partition coefficient (Wildman–Crippen LogP) is 1.84. The van der Waals surface area contributed by atoms with E-state index in [1.807, 2.05) is 0 Å². The van der Waals surface area contributed by atoms with E-state index in [-0.39, 0.29) is 24.8 Å². The Hall–Kier alpha value is -1.37. The van der Waals surface area contributed by atoms with Crippen molar-refractivity contribution in [2.24, 2.45) is 0 Å². The van der Waals surface area contributed by atoms with Crippen LogP contribution in [-0.2, 0) is 11.0 Å².